The van der Waals surface area contributed by atoms with E-state index in [1.54, 1.807) is 42.3 Å². The first-order chi connectivity index (χ1) is 32.7. The Labute approximate surface area is 403 Å². The Morgan fingerprint density at radius 2 is 1.75 bits per heavy atom. The number of sulfonamides is 1. The Morgan fingerprint density at radius 1 is 1.00 bits per heavy atom. The second-order valence-corrected chi connectivity index (χ2v) is 20.9. The fourth-order valence-electron chi connectivity index (χ4n) is 9.41. The van der Waals surface area contributed by atoms with Crippen molar-refractivity contribution in [2.75, 3.05) is 62.6 Å². The number of carbonyl (C=O) groups excluding carboxylic acids is 2. The van der Waals surface area contributed by atoms with Crippen LogP contribution in [-0.2, 0) is 21.0 Å². The SMILES string of the molecule is CC(=O)N1CCC(CCNc2ccc(S(=O)(=O)NC(=O)c3ccc(N4CCN(CC5=C(c6ccc(C(F)(F)F)cc6Cl)CC(C)(C)CC5)CC4)cc3Oc3cnc4[nH]ccc4c3)cc2[N+](=O)[O-])CC1. The number of rotatable bonds is 14. The van der Waals surface area contributed by atoms with Crippen molar-refractivity contribution >= 4 is 67.1 Å². The highest BCUT2D eigenvalue weighted by atomic mass is 35.5. The summed E-state index contributed by atoms with van der Waals surface area (Å²) in [5.74, 6) is -0.329. The summed E-state index contributed by atoms with van der Waals surface area (Å²) in [6.45, 7) is 10.6. The number of amides is 2. The number of nitro benzene ring substituents is 1. The van der Waals surface area contributed by atoms with E-state index in [4.69, 9.17) is 16.3 Å². The molecule has 3 aromatic carbocycles. The van der Waals surface area contributed by atoms with Crippen molar-refractivity contribution in [2.24, 2.45) is 11.3 Å². The van der Waals surface area contributed by atoms with Crippen LogP contribution < -0.4 is 19.7 Å². The van der Waals surface area contributed by atoms with Gasteiger partial charge in [-0.25, -0.2) is 18.1 Å². The van der Waals surface area contributed by atoms with Gasteiger partial charge in [-0.1, -0.05) is 37.1 Å². The maximum Gasteiger partial charge on any atom is 0.416 e. The van der Waals surface area contributed by atoms with Crippen molar-refractivity contribution in [3.63, 3.8) is 0 Å². The topological polar surface area (TPSA) is 183 Å². The largest absolute Gasteiger partial charge is 0.455 e. The number of piperazine rings is 1. The molecule has 2 aromatic heterocycles. The molecule has 20 heteroatoms. The number of nitrogens with zero attached hydrogens (tertiary/aromatic N) is 5. The minimum Gasteiger partial charge on any atom is -0.455 e. The first-order valence-corrected chi connectivity index (χ1v) is 24.7. The van der Waals surface area contributed by atoms with Gasteiger partial charge in [0.1, 0.15) is 22.8 Å². The third kappa shape index (κ3) is 11.6. The highest BCUT2D eigenvalue weighted by Crippen LogP contribution is 2.46. The van der Waals surface area contributed by atoms with Crippen LogP contribution in [0, 0.1) is 21.4 Å². The van der Waals surface area contributed by atoms with Gasteiger partial charge in [0.2, 0.25) is 5.91 Å². The summed E-state index contributed by atoms with van der Waals surface area (Å²) in [5, 5.41) is 16.1. The van der Waals surface area contributed by atoms with Crippen LogP contribution in [0.3, 0.4) is 0 Å². The van der Waals surface area contributed by atoms with E-state index >= 15 is 0 Å². The number of aromatic nitrogens is 2. The summed E-state index contributed by atoms with van der Waals surface area (Å²) >= 11 is 6.54. The molecule has 4 heterocycles. The van der Waals surface area contributed by atoms with Gasteiger partial charge in [0.05, 0.1) is 27.1 Å². The van der Waals surface area contributed by atoms with Gasteiger partial charge >= 0.3 is 6.18 Å². The predicted octanol–water partition coefficient (Wildman–Crippen LogP) is 9.90. The minimum absolute atomic E-state index is 0.0342. The van der Waals surface area contributed by atoms with E-state index in [9.17, 15) is 41.3 Å². The third-order valence-corrected chi connectivity index (χ3v) is 15.0. The van der Waals surface area contributed by atoms with Crippen LogP contribution >= 0.6 is 11.6 Å². The summed E-state index contributed by atoms with van der Waals surface area (Å²) < 4.78 is 76.4. The lowest BCUT2D eigenvalue weighted by Crippen LogP contribution is -2.47. The maximum atomic E-state index is 14.0. The zero-order valence-electron chi connectivity index (χ0n) is 38.5. The number of aromatic amines is 1. The molecule has 0 radical (unpaired) electrons. The number of piperidine rings is 1. The molecule has 2 saturated heterocycles. The highest BCUT2D eigenvalue weighted by molar-refractivity contribution is 7.90. The second-order valence-electron chi connectivity index (χ2n) is 18.8. The first kappa shape index (κ1) is 49.2. The van der Waals surface area contributed by atoms with Gasteiger partial charge in [-0.05, 0) is 110 Å². The van der Waals surface area contributed by atoms with E-state index in [2.05, 4.69) is 43.7 Å². The summed E-state index contributed by atoms with van der Waals surface area (Å²) in [4.78, 5) is 50.3. The first-order valence-electron chi connectivity index (χ1n) is 22.9. The molecule has 2 aliphatic heterocycles. The number of H-pyrrole nitrogens is 1. The number of halogens is 4. The molecule has 2 amide bonds. The van der Waals surface area contributed by atoms with E-state index in [1.807, 2.05) is 0 Å². The molecule has 0 saturated carbocycles. The molecule has 2 fully saturated rings. The van der Waals surface area contributed by atoms with E-state index in [1.165, 1.54) is 30.5 Å². The molecular formula is C49H54ClF3N8O7S. The quantitative estimate of drug-likeness (QED) is 0.0711. The zero-order valence-corrected chi connectivity index (χ0v) is 40.1. The van der Waals surface area contributed by atoms with Crippen LogP contribution in [0.1, 0.15) is 80.8 Å². The van der Waals surface area contributed by atoms with E-state index < -0.39 is 43.2 Å². The highest BCUT2D eigenvalue weighted by Gasteiger charge is 2.34. The molecule has 0 unspecified atom stereocenters. The standard InChI is InChI=1S/C49H54ClF3N8O7S/c1-31(62)59-18-13-32(14-19-59)11-16-54-43-9-6-38(27-44(43)61(64)65)69(66,67)57-47(63)40-8-5-36(26-45(40)68-37-24-33-12-17-55-46(33)56-29-37)60-22-20-58(21-23-60)30-34-10-15-48(2,3)28-41(34)39-7-4-35(25-42(39)50)49(51,52)53/h4-9,12,17,24-27,29,32,54H,10-11,13-16,18-23,28,30H2,1-3H3,(H,55,56)(H,57,63). The number of nitrogens with one attached hydrogen (secondary N) is 3. The van der Waals surface area contributed by atoms with Gasteiger partial charge < -0.3 is 24.8 Å². The molecule has 5 aromatic rings. The van der Waals surface area contributed by atoms with Crippen molar-refractivity contribution < 1.29 is 40.8 Å². The Morgan fingerprint density at radius 3 is 2.45 bits per heavy atom. The lowest BCUT2D eigenvalue weighted by atomic mass is 9.72. The average Bonchev–Trinajstić information content (AvgIpc) is 3.78. The Kier molecular flexibility index (Phi) is 14.3. The molecule has 0 spiro atoms. The summed E-state index contributed by atoms with van der Waals surface area (Å²) in [6, 6.07) is 15.4. The lowest BCUT2D eigenvalue weighted by molar-refractivity contribution is -0.384. The number of hydrogen-bond acceptors (Lipinski definition) is 11. The normalized spacial score (nSPS) is 17.3. The second kappa shape index (κ2) is 20.0. The van der Waals surface area contributed by atoms with Gasteiger partial charge in [0.15, 0.2) is 0 Å². The van der Waals surface area contributed by atoms with Gasteiger partial charge in [0, 0.05) is 93.7 Å². The number of allylic oxidation sites excluding steroid dienone is 1. The number of ether oxygens (including phenoxy) is 1. The maximum absolute atomic E-state index is 14.0. The summed E-state index contributed by atoms with van der Waals surface area (Å²) in [7, 11) is -4.64. The fraction of sp³-hybridized carbons (Fsp3) is 0.408. The summed E-state index contributed by atoms with van der Waals surface area (Å²) in [6.07, 6.45) is 3.43. The number of pyridine rings is 1. The van der Waals surface area contributed by atoms with Crippen molar-refractivity contribution in [1.82, 2.24) is 24.5 Å². The van der Waals surface area contributed by atoms with Crippen molar-refractivity contribution in [3.05, 3.63) is 117 Å². The smallest absolute Gasteiger partial charge is 0.416 e. The average molecular weight is 992 g/mol. The minimum atomic E-state index is -4.64. The Balaban J connectivity index is 0.978. The van der Waals surface area contributed by atoms with Gasteiger partial charge in [0.25, 0.3) is 21.6 Å². The van der Waals surface area contributed by atoms with Crippen LogP contribution in [0.5, 0.6) is 11.5 Å². The number of nitro groups is 1. The van der Waals surface area contributed by atoms with Crippen LogP contribution in [0.4, 0.5) is 30.2 Å². The molecule has 366 valence electrons. The van der Waals surface area contributed by atoms with Gasteiger partial charge in [-0.2, -0.15) is 13.2 Å². The molecule has 1 aliphatic carbocycles. The van der Waals surface area contributed by atoms with Crippen LogP contribution in [-0.4, -0.2) is 97.3 Å². The molecular weight excluding hydrogens is 937 g/mol. The number of benzene rings is 3. The third-order valence-electron chi connectivity index (χ3n) is 13.4. The van der Waals surface area contributed by atoms with Gasteiger partial charge in [-0.15, -0.1) is 0 Å². The predicted molar refractivity (Wildman–Crippen MR) is 258 cm³/mol. The van der Waals surface area contributed by atoms with Crippen molar-refractivity contribution in [2.45, 2.75) is 70.4 Å². The van der Waals surface area contributed by atoms with Crippen LogP contribution in [0.25, 0.3) is 16.6 Å². The van der Waals surface area contributed by atoms with Gasteiger partial charge in [-0.3, -0.25) is 24.6 Å². The summed E-state index contributed by atoms with van der Waals surface area (Å²) in [5.41, 5.74) is 2.78. The molecule has 15 nitrogen and oxygen atoms in total. The van der Waals surface area contributed by atoms with E-state index in [0.29, 0.717) is 88.0 Å². The Bertz CT molecular complexity index is 2910. The van der Waals surface area contributed by atoms with Crippen LogP contribution in [0.2, 0.25) is 5.02 Å². The zero-order chi connectivity index (χ0) is 49.3. The number of carbonyl (C=O) groups is 2. The Hall–Kier alpha value is -6.18. The molecule has 3 N–H and O–H groups in total. The molecule has 3 aliphatic rings. The number of alkyl halides is 3. The fourth-order valence-corrected chi connectivity index (χ4v) is 10.7. The van der Waals surface area contributed by atoms with Crippen LogP contribution in [0.15, 0.2) is 89.6 Å². The molecule has 0 bridgehead atoms. The monoisotopic (exact) mass is 990 g/mol. The molecule has 0 atom stereocenters. The number of fused-ring (bicyclic) bond motifs is 1. The van der Waals surface area contributed by atoms with Crippen molar-refractivity contribution in [3.8, 4) is 11.5 Å². The number of likely N-dealkylation sites (tertiary alicyclic amines) is 1. The molecule has 8 rings (SSSR count). The van der Waals surface area contributed by atoms with E-state index in [-0.39, 0.29) is 39.1 Å². The van der Waals surface area contributed by atoms with Crippen molar-refractivity contribution in [1.29, 1.82) is 0 Å². The number of anilines is 2. The van der Waals surface area contributed by atoms with E-state index in [0.717, 1.165) is 60.4 Å². The number of hydrogen-bond donors (Lipinski definition) is 3. The lowest BCUT2D eigenvalue weighted by Gasteiger charge is -2.39. The molecule has 69 heavy (non-hydrogen) atoms.